The molecule has 0 bridgehead atoms. The number of ether oxygens (including phenoxy) is 1. The Hall–Kier alpha value is -2.30. The van der Waals surface area contributed by atoms with Gasteiger partial charge in [-0.15, -0.1) is 6.42 Å². The van der Waals surface area contributed by atoms with Crippen LogP contribution in [0.15, 0.2) is 24.3 Å². The molecule has 0 saturated heterocycles. The normalized spacial score (nSPS) is 13.1. The van der Waals surface area contributed by atoms with Crippen molar-refractivity contribution < 1.29 is 9.53 Å². The summed E-state index contributed by atoms with van der Waals surface area (Å²) in [4.78, 5) is 11.2. The Balaban J connectivity index is 3.09. The number of amides is 1. The van der Waals surface area contributed by atoms with Crippen molar-refractivity contribution in [2.75, 3.05) is 0 Å². The van der Waals surface area contributed by atoms with Crippen molar-refractivity contribution >= 4 is 5.91 Å². The predicted molar refractivity (Wildman–Crippen MR) is 62.7 cm³/mol. The van der Waals surface area contributed by atoms with Crippen LogP contribution in [0.25, 0.3) is 0 Å². The predicted octanol–water partition coefficient (Wildman–Crippen LogP) is 1.39. The van der Waals surface area contributed by atoms with Crippen molar-refractivity contribution in [3.05, 3.63) is 35.4 Å². The van der Waals surface area contributed by atoms with Gasteiger partial charge in [-0.25, -0.2) is 0 Å². The second-order valence-corrected chi connectivity index (χ2v) is 3.41. The molecule has 0 radical (unpaired) electrons. The smallest absolute Gasteiger partial charge is 0.249 e. The lowest BCUT2D eigenvalue weighted by molar-refractivity contribution is 0.0606. The molecule has 1 rings (SSSR count). The van der Waals surface area contributed by atoms with Gasteiger partial charge >= 0.3 is 0 Å². The topological polar surface area (TPSA) is 76.1 Å². The molecule has 1 aromatic carbocycles. The molecule has 4 heteroatoms. The van der Waals surface area contributed by atoms with Crippen molar-refractivity contribution in [3.63, 3.8) is 0 Å². The Bertz CT molecular complexity index is 497. The summed E-state index contributed by atoms with van der Waals surface area (Å²) >= 11 is 0. The van der Waals surface area contributed by atoms with Gasteiger partial charge in [0.2, 0.25) is 5.91 Å². The first-order valence-electron chi connectivity index (χ1n) is 5.00. The molecule has 17 heavy (non-hydrogen) atoms. The molecule has 1 aromatic rings. The molecule has 0 heterocycles. The van der Waals surface area contributed by atoms with E-state index >= 15 is 0 Å². The molecule has 1 amide bonds. The fourth-order valence-electron chi connectivity index (χ4n) is 1.37. The number of terminal acetylenes is 1. The average Bonchev–Trinajstić information content (AvgIpc) is 2.35. The van der Waals surface area contributed by atoms with E-state index in [9.17, 15) is 4.79 Å². The molecule has 0 spiro atoms. The number of nitrogens with two attached hydrogens (primary N) is 1. The molecule has 0 aliphatic heterocycles. The van der Waals surface area contributed by atoms with Gasteiger partial charge in [-0.05, 0) is 13.0 Å². The number of rotatable bonds is 4. The van der Waals surface area contributed by atoms with Gasteiger partial charge in [0, 0.05) is 11.1 Å². The van der Waals surface area contributed by atoms with Crippen LogP contribution in [-0.4, -0.2) is 12.0 Å². The number of carbonyl (C=O) groups excluding carboxylic acids is 1. The minimum atomic E-state index is -0.898. The number of nitriles is 1. The summed E-state index contributed by atoms with van der Waals surface area (Å²) in [6.07, 6.45) is 3.76. The summed E-state index contributed by atoms with van der Waals surface area (Å²) in [6, 6.07) is 8.50. The average molecular weight is 228 g/mol. The van der Waals surface area contributed by atoms with E-state index in [1.54, 1.807) is 31.2 Å². The largest absolute Gasteiger partial charge is 0.366 e. The van der Waals surface area contributed by atoms with Crippen molar-refractivity contribution in [2.45, 2.75) is 19.1 Å². The zero-order valence-electron chi connectivity index (χ0n) is 9.38. The number of hydrogen-bond acceptors (Lipinski definition) is 3. The molecule has 0 saturated carbocycles. The second kappa shape index (κ2) is 5.69. The minimum Gasteiger partial charge on any atom is -0.366 e. The highest BCUT2D eigenvalue weighted by molar-refractivity contribution is 5.94. The minimum absolute atomic E-state index is 0.267. The Labute approximate surface area is 100.0 Å². The maximum absolute atomic E-state index is 11.2. The quantitative estimate of drug-likeness (QED) is 0.791. The van der Waals surface area contributed by atoms with Gasteiger partial charge < -0.3 is 10.5 Å². The van der Waals surface area contributed by atoms with Gasteiger partial charge in [0.05, 0.1) is 6.07 Å². The van der Waals surface area contributed by atoms with Crippen LogP contribution in [0.5, 0.6) is 0 Å². The summed E-state index contributed by atoms with van der Waals surface area (Å²) in [5.41, 5.74) is 5.93. The number of benzene rings is 1. The van der Waals surface area contributed by atoms with E-state index in [1.807, 2.05) is 6.07 Å². The Morgan fingerprint density at radius 3 is 2.71 bits per heavy atom. The summed E-state index contributed by atoms with van der Waals surface area (Å²) < 4.78 is 5.32. The summed E-state index contributed by atoms with van der Waals surface area (Å²) in [5.74, 6) is 1.76. The van der Waals surface area contributed by atoms with E-state index in [0.717, 1.165) is 0 Å². The van der Waals surface area contributed by atoms with E-state index in [4.69, 9.17) is 22.2 Å². The molecule has 0 aromatic heterocycles. The highest BCUT2D eigenvalue weighted by Gasteiger charge is 2.19. The molecule has 2 N–H and O–H groups in total. The molecule has 0 aliphatic carbocycles. The first kappa shape index (κ1) is 12.8. The van der Waals surface area contributed by atoms with E-state index in [2.05, 4.69) is 5.92 Å². The maximum atomic E-state index is 11.2. The standard InChI is InChI=1S/C13H12N2O2/c1-3-9(2)17-12(8-14)10-6-4-5-7-11(10)13(15)16/h1,4-7,9,12H,2H3,(H2,15,16). The van der Waals surface area contributed by atoms with Crippen molar-refractivity contribution in [3.8, 4) is 18.4 Å². The highest BCUT2D eigenvalue weighted by atomic mass is 16.5. The van der Waals surface area contributed by atoms with E-state index in [1.165, 1.54) is 0 Å². The van der Waals surface area contributed by atoms with Crippen LogP contribution in [0.4, 0.5) is 0 Å². The monoisotopic (exact) mass is 228 g/mol. The molecule has 0 aliphatic rings. The maximum Gasteiger partial charge on any atom is 0.249 e. The Morgan fingerprint density at radius 2 is 2.18 bits per heavy atom. The molecule has 2 atom stereocenters. The van der Waals surface area contributed by atoms with Crippen LogP contribution >= 0.6 is 0 Å². The van der Waals surface area contributed by atoms with E-state index in [0.29, 0.717) is 5.56 Å². The zero-order chi connectivity index (χ0) is 12.8. The number of hydrogen-bond donors (Lipinski definition) is 1. The molecular weight excluding hydrogens is 216 g/mol. The number of nitrogens with zero attached hydrogens (tertiary/aromatic N) is 1. The van der Waals surface area contributed by atoms with Gasteiger partial charge in [-0.1, -0.05) is 24.1 Å². The third kappa shape index (κ3) is 3.07. The van der Waals surface area contributed by atoms with Crippen LogP contribution in [0, 0.1) is 23.7 Å². The van der Waals surface area contributed by atoms with Crippen molar-refractivity contribution in [1.82, 2.24) is 0 Å². The van der Waals surface area contributed by atoms with Gasteiger partial charge in [0.15, 0.2) is 6.10 Å². The fourth-order valence-corrected chi connectivity index (χ4v) is 1.37. The van der Waals surface area contributed by atoms with Crippen LogP contribution in [0.3, 0.4) is 0 Å². The van der Waals surface area contributed by atoms with E-state index < -0.39 is 18.1 Å². The summed E-state index contributed by atoms with van der Waals surface area (Å²) in [7, 11) is 0. The van der Waals surface area contributed by atoms with Crippen LogP contribution in [-0.2, 0) is 4.74 Å². The molecule has 0 fully saturated rings. The fraction of sp³-hybridized carbons (Fsp3) is 0.231. The van der Waals surface area contributed by atoms with Gasteiger partial charge in [-0.2, -0.15) is 5.26 Å². The molecule has 4 nitrogen and oxygen atoms in total. The van der Waals surface area contributed by atoms with Gasteiger partial charge in [0.25, 0.3) is 0 Å². The molecular formula is C13H12N2O2. The number of primary amides is 1. The zero-order valence-corrected chi connectivity index (χ0v) is 9.38. The van der Waals surface area contributed by atoms with Crippen LogP contribution in [0.2, 0.25) is 0 Å². The first-order chi connectivity index (χ1) is 8.10. The van der Waals surface area contributed by atoms with E-state index in [-0.39, 0.29) is 5.56 Å². The van der Waals surface area contributed by atoms with Gasteiger partial charge in [0.1, 0.15) is 6.10 Å². The van der Waals surface area contributed by atoms with Crippen LogP contribution < -0.4 is 5.73 Å². The lowest BCUT2D eigenvalue weighted by Crippen LogP contribution is -2.18. The lowest BCUT2D eigenvalue weighted by atomic mass is 10.0. The van der Waals surface area contributed by atoms with Crippen molar-refractivity contribution in [1.29, 1.82) is 5.26 Å². The molecule has 86 valence electrons. The Kier molecular flexibility index (Phi) is 4.28. The SMILES string of the molecule is C#CC(C)OC(C#N)c1ccccc1C(N)=O. The first-order valence-corrected chi connectivity index (χ1v) is 5.00. The molecule has 2 unspecified atom stereocenters. The second-order valence-electron chi connectivity index (χ2n) is 3.41. The van der Waals surface area contributed by atoms with Crippen LogP contribution in [0.1, 0.15) is 28.9 Å². The number of carbonyl (C=O) groups is 1. The summed E-state index contributed by atoms with van der Waals surface area (Å²) in [5, 5.41) is 9.03. The lowest BCUT2D eigenvalue weighted by Gasteiger charge is -2.15. The third-order valence-corrected chi connectivity index (χ3v) is 2.20. The highest BCUT2D eigenvalue weighted by Crippen LogP contribution is 2.22. The third-order valence-electron chi connectivity index (χ3n) is 2.20. The van der Waals surface area contributed by atoms with Crippen molar-refractivity contribution in [2.24, 2.45) is 5.73 Å². The van der Waals surface area contributed by atoms with Gasteiger partial charge in [-0.3, -0.25) is 4.79 Å². The Morgan fingerprint density at radius 1 is 1.53 bits per heavy atom. The summed E-state index contributed by atoms with van der Waals surface area (Å²) in [6.45, 7) is 1.65.